The maximum atomic E-state index is 6.13. The average Bonchev–Trinajstić information content (AvgIpc) is 3.11. The van der Waals surface area contributed by atoms with E-state index in [0.29, 0.717) is 23.2 Å². The maximum Gasteiger partial charge on any atom is 0.171 e. The van der Waals surface area contributed by atoms with Gasteiger partial charge in [0.1, 0.15) is 25.0 Å². The molecule has 102 valence electrons. The number of aromatic amines is 1. The fourth-order valence-electron chi connectivity index (χ4n) is 1.81. The maximum absolute atomic E-state index is 6.13. The number of rotatable bonds is 4. The number of aromatic nitrogens is 6. The van der Waals surface area contributed by atoms with E-state index in [9.17, 15) is 0 Å². The number of nitrogens with zero attached hydrogens (tertiary/aromatic N) is 5. The van der Waals surface area contributed by atoms with Crippen molar-refractivity contribution in [3.05, 3.63) is 59.2 Å². The zero-order valence-electron chi connectivity index (χ0n) is 10.4. The summed E-state index contributed by atoms with van der Waals surface area (Å²) < 4.78 is 1.65. The predicted molar refractivity (Wildman–Crippen MR) is 73.0 cm³/mol. The molecule has 0 aliphatic heterocycles. The van der Waals surface area contributed by atoms with Crippen molar-refractivity contribution in [2.24, 2.45) is 5.73 Å². The van der Waals surface area contributed by atoms with Gasteiger partial charge in [-0.2, -0.15) is 10.2 Å². The Balaban J connectivity index is 1.77. The van der Waals surface area contributed by atoms with Crippen LogP contribution in [0, 0.1) is 0 Å². The second-order valence-electron chi connectivity index (χ2n) is 4.26. The first-order valence-corrected chi connectivity index (χ1v) is 6.35. The van der Waals surface area contributed by atoms with Gasteiger partial charge in [0.25, 0.3) is 0 Å². The van der Waals surface area contributed by atoms with Crippen molar-refractivity contribution >= 4 is 11.6 Å². The van der Waals surface area contributed by atoms with Gasteiger partial charge >= 0.3 is 0 Å². The summed E-state index contributed by atoms with van der Waals surface area (Å²) in [4.78, 5) is 8.24. The van der Waals surface area contributed by atoms with Crippen molar-refractivity contribution < 1.29 is 0 Å². The fraction of sp³-hybridized carbons (Fsp3) is 0.167. The number of halogens is 1. The summed E-state index contributed by atoms with van der Waals surface area (Å²) in [6.07, 6.45) is 3.08. The van der Waals surface area contributed by atoms with E-state index in [4.69, 9.17) is 17.3 Å². The van der Waals surface area contributed by atoms with E-state index in [2.05, 4.69) is 25.3 Å². The van der Waals surface area contributed by atoms with Gasteiger partial charge in [0.05, 0.1) is 6.04 Å². The van der Waals surface area contributed by atoms with Crippen molar-refractivity contribution in [1.82, 2.24) is 29.9 Å². The highest BCUT2D eigenvalue weighted by Crippen LogP contribution is 2.18. The normalized spacial score (nSPS) is 12.5. The summed E-state index contributed by atoms with van der Waals surface area (Å²) in [6.45, 7) is 0.473. The van der Waals surface area contributed by atoms with Crippen LogP contribution in [0.1, 0.15) is 23.3 Å². The Kier molecular flexibility index (Phi) is 3.44. The van der Waals surface area contributed by atoms with E-state index in [0.717, 1.165) is 5.56 Å². The van der Waals surface area contributed by atoms with Gasteiger partial charge in [-0.3, -0.25) is 5.10 Å². The van der Waals surface area contributed by atoms with Crippen LogP contribution in [0.4, 0.5) is 0 Å². The van der Waals surface area contributed by atoms with E-state index >= 15 is 0 Å². The highest BCUT2D eigenvalue weighted by molar-refractivity contribution is 6.30. The van der Waals surface area contributed by atoms with Gasteiger partial charge < -0.3 is 5.73 Å². The largest absolute Gasteiger partial charge is 0.318 e. The molecule has 0 spiro atoms. The van der Waals surface area contributed by atoms with Gasteiger partial charge in [-0.1, -0.05) is 23.7 Å². The number of hydrogen-bond donors (Lipinski definition) is 2. The Bertz CT molecular complexity index is 674. The van der Waals surface area contributed by atoms with Gasteiger partial charge in [-0.15, -0.1) is 0 Å². The Morgan fingerprint density at radius 3 is 2.80 bits per heavy atom. The lowest BCUT2D eigenvalue weighted by molar-refractivity contribution is 0.655. The highest BCUT2D eigenvalue weighted by Gasteiger charge is 2.14. The second-order valence-corrected chi connectivity index (χ2v) is 4.70. The molecule has 0 aliphatic carbocycles. The minimum absolute atomic E-state index is 0.395. The molecule has 2 aromatic heterocycles. The minimum Gasteiger partial charge on any atom is -0.318 e. The number of H-pyrrole nitrogens is 1. The number of hydrogen-bond acceptors (Lipinski definition) is 5. The van der Waals surface area contributed by atoms with E-state index < -0.39 is 6.04 Å². The van der Waals surface area contributed by atoms with Crippen LogP contribution in [-0.4, -0.2) is 29.9 Å². The summed E-state index contributed by atoms with van der Waals surface area (Å²) in [6, 6.07) is 6.91. The molecule has 0 saturated carbocycles. The predicted octanol–water partition coefficient (Wildman–Crippen LogP) is 1.15. The summed E-state index contributed by atoms with van der Waals surface area (Å²) in [5.74, 6) is 1.21. The van der Waals surface area contributed by atoms with Crippen LogP contribution >= 0.6 is 11.6 Å². The first-order valence-electron chi connectivity index (χ1n) is 5.97. The fourth-order valence-corrected chi connectivity index (χ4v) is 1.93. The lowest BCUT2D eigenvalue weighted by Gasteiger charge is -2.07. The molecule has 3 aromatic rings. The third-order valence-corrected chi connectivity index (χ3v) is 3.09. The van der Waals surface area contributed by atoms with Gasteiger partial charge in [0.15, 0.2) is 5.82 Å². The average molecular weight is 290 g/mol. The minimum atomic E-state index is -0.395. The van der Waals surface area contributed by atoms with E-state index in [1.807, 2.05) is 12.1 Å². The molecule has 0 fully saturated rings. The Morgan fingerprint density at radius 1 is 1.30 bits per heavy atom. The number of nitrogens with two attached hydrogens (primary N) is 1. The first kappa shape index (κ1) is 12.8. The highest BCUT2D eigenvalue weighted by atomic mass is 35.5. The Labute approximate surface area is 119 Å². The van der Waals surface area contributed by atoms with Crippen molar-refractivity contribution in [1.29, 1.82) is 0 Å². The van der Waals surface area contributed by atoms with Gasteiger partial charge in [-0.25, -0.2) is 14.6 Å². The van der Waals surface area contributed by atoms with Gasteiger partial charge in [0.2, 0.25) is 0 Å². The van der Waals surface area contributed by atoms with Crippen LogP contribution in [0.5, 0.6) is 0 Å². The van der Waals surface area contributed by atoms with Gasteiger partial charge in [0, 0.05) is 5.02 Å². The monoisotopic (exact) mass is 289 g/mol. The van der Waals surface area contributed by atoms with Crippen molar-refractivity contribution in [2.45, 2.75) is 12.6 Å². The van der Waals surface area contributed by atoms with Crippen molar-refractivity contribution in [2.75, 3.05) is 0 Å². The molecular formula is C12H12ClN7. The zero-order valence-corrected chi connectivity index (χ0v) is 11.2. The summed E-state index contributed by atoms with van der Waals surface area (Å²) in [7, 11) is 0. The molecule has 0 aliphatic rings. The number of benzene rings is 1. The van der Waals surface area contributed by atoms with E-state index in [1.165, 1.54) is 6.33 Å². The van der Waals surface area contributed by atoms with Crippen LogP contribution in [0.25, 0.3) is 0 Å². The molecule has 0 bridgehead atoms. The molecular weight excluding hydrogens is 278 g/mol. The van der Waals surface area contributed by atoms with E-state index in [-0.39, 0.29) is 0 Å². The standard InChI is InChI=1S/C12H12ClN7/c13-9-3-1-8(2-4-9)11(14)12-17-10(18-19-12)5-20-7-15-6-16-20/h1-4,6-7,11H,5,14H2,(H,17,18,19)/t11-/m0/s1. The molecule has 0 saturated heterocycles. The molecule has 0 amide bonds. The molecule has 0 radical (unpaired) electrons. The molecule has 7 nitrogen and oxygen atoms in total. The first-order chi connectivity index (χ1) is 9.72. The molecule has 1 atom stereocenters. The molecule has 0 unspecified atom stereocenters. The lowest BCUT2D eigenvalue weighted by atomic mass is 10.1. The SMILES string of the molecule is N[C@@H](c1ccc(Cl)cc1)c1n[nH]c(Cn2cncn2)n1. The topological polar surface area (TPSA) is 98.3 Å². The van der Waals surface area contributed by atoms with Crippen LogP contribution in [0.15, 0.2) is 36.9 Å². The summed E-state index contributed by atoms with van der Waals surface area (Å²) in [5.41, 5.74) is 7.03. The van der Waals surface area contributed by atoms with Crippen LogP contribution in [0.3, 0.4) is 0 Å². The molecule has 8 heteroatoms. The van der Waals surface area contributed by atoms with Crippen LogP contribution in [0.2, 0.25) is 5.02 Å². The molecule has 20 heavy (non-hydrogen) atoms. The Hall–Kier alpha value is -2.25. The number of nitrogens with one attached hydrogen (secondary N) is 1. The molecule has 3 rings (SSSR count). The molecule has 3 N–H and O–H groups in total. The Morgan fingerprint density at radius 2 is 2.10 bits per heavy atom. The van der Waals surface area contributed by atoms with Gasteiger partial charge in [-0.05, 0) is 17.7 Å². The summed E-state index contributed by atoms with van der Waals surface area (Å²) >= 11 is 5.85. The third kappa shape index (κ3) is 2.68. The van der Waals surface area contributed by atoms with Crippen LogP contribution < -0.4 is 5.73 Å². The van der Waals surface area contributed by atoms with Crippen molar-refractivity contribution in [3.63, 3.8) is 0 Å². The second kappa shape index (κ2) is 5.40. The molecule has 1 aromatic carbocycles. The van der Waals surface area contributed by atoms with E-state index in [1.54, 1.807) is 23.1 Å². The summed E-state index contributed by atoms with van der Waals surface area (Å²) in [5, 5.41) is 11.7. The van der Waals surface area contributed by atoms with Crippen molar-refractivity contribution in [3.8, 4) is 0 Å². The third-order valence-electron chi connectivity index (χ3n) is 2.83. The zero-order chi connectivity index (χ0) is 13.9. The smallest absolute Gasteiger partial charge is 0.171 e. The molecule has 2 heterocycles. The quantitative estimate of drug-likeness (QED) is 0.750. The van der Waals surface area contributed by atoms with Crippen LogP contribution in [-0.2, 0) is 6.54 Å². The lowest BCUT2D eigenvalue weighted by Crippen LogP contribution is -2.13.